The fourth-order valence-electron chi connectivity index (χ4n) is 1.92. The first-order valence-corrected chi connectivity index (χ1v) is 6.12. The Morgan fingerprint density at radius 2 is 2.05 bits per heavy atom. The van der Waals surface area contributed by atoms with Crippen LogP contribution in [0.5, 0.6) is 0 Å². The van der Waals surface area contributed by atoms with Gasteiger partial charge in [0, 0.05) is 32.6 Å². The number of methoxy groups -OCH3 is 1. The van der Waals surface area contributed by atoms with Crippen LogP contribution in [0.4, 0.5) is 0 Å². The molecule has 104 valence electrons. The van der Waals surface area contributed by atoms with E-state index in [0.29, 0.717) is 16.8 Å². The molecule has 0 aliphatic carbocycles. The maximum absolute atomic E-state index is 12.2. The van der Waals surface area contributed by atoms with Gasteiger partial charge < -0.3 is 14.0 Å². The number of aromatic nitrogens is 1. The van der Waals surface area contributed by atoms with Crippen LogP contribution in [-0.4, -0.2) is 42.3 Å². The number of carbonyl (C=O) groups is 2. The molecular weight excluding hydrogens is 256 g/mol. The zero-order chi connectivity index (χ0) is 14.7. The zero-order valence-electron chi connectivity index (χ0n) is 11.7. The third kappa shape index (κ3) is 2.56. The summed E-state index contributed by atoms with van der Waals surface area (Å²) in [4.78, 5) is 25.7. The Hall–Kier alpha value is -2.56. The number of hydrogen-bond acceptors (Lipinski definition) is 4. The molecule has 5 heteroatoms. The number of hydrogen-bond donors (Lipinski definition) is 0. The van der Waals surface area contributed by atoms with Crippen LogP contribution >= 0.6 is 0 Å². The van der Waals surface area contributed by atoms with Gasteiger partial charge in [0.15, 0.2) is 0 Å². The van der Waals surface area contributed by atoms with Gasteiger partial charge in [0.1, 0.15) is 0 Å². The van der Waals surface area contributed by atoms with E-state index in [1.807, 2.05) is 20.2 Å². The van der Waals surface area contributed by atoms with Crippen molar-refractivity contribution in [2.24, 2.45) is 0 Å². The average Bonchev–Trinajstić information content (AvgIpc) is 2.83. The van der Waals surface area contributed by atoms with Crippen molar-refractivity contribution in [2.75, 3.05) is 21.2 Å². The van der Waals surface area contributed by atoms with Crippen molar-refractivity contribution in [1.82, 2.24) is 9.30 Å². The second kappa shape index (κ2) is 5.61. The predicted molar refractivity (Wildman–Crippen MR) is 75.9 cm³/mol. The smallest absolute Gasteiger partial charge is 0.340 e. The normalized spacial score (nSPS) is 10.9. The van der Waals surface area contributed by atoms with Crippen molar-refractivity contribution in [1.29, 1.82) is 0 Å². The third-order valence-corrected chi connectivity index (χ3v) is 2.86. The number of allylic oxidation sites excluding steroid dienone is 1. The SMILES string of the molecule is COC(=O)c1cc(C(=O)C=CN(C)C)n2ccccc12. The zero-order valence-corrected chi connectivity index (χ0v) is 11.7. The molecule has 20 heavy (non-hydrogen) atoms. The van der Waals surface area contributed by atoms with Gasteiger partial charge in [-0.15, -0.1) is 0 Å². The van der Waals surface area contributed by atoms with E-state index in [1.54, 1.807) is 39.9 Å². The number of rotatable bonds is 4. The summed E-state index contributed by atoms with van der Waals surface area (Å²) in [6.07, 6.45) is 4.89. The molecule has 0 atom stereocenters. The van der Waals surface area contributed by atoms with Crippen molar-refractivity contribution >= 4 is 17.3 Å². The lowest BCUT2D eigenvalue weighted by molar-refractivity contribution is 0.0603. The van der Waals surface area contributed by atoms with Gasteiger partial charge in [0.2, 0.25) is 5.78 Å². The van der Waals surface area contributed by atoms with Crippen LogP contribution in [0, 0.1) is 0 Å². The maximum Gasteiger partial charge on any atom is 0.340 e. The first-order valence-electron chi connectivity index (χ1n) is 6.12. The Labute approximate surface area is 117 Å². The highest BCUT2D eigenvalue weighted by Gasteiger charge is 2.18. The molecule has 0 amide bonds. The van der Waals surface area contributed by atoms with E-state index in [0.717, 1.165) is 0 Å². The highest BCUT2D eigenvalue weighted by atomic mass is 16.5. The summed E-state index contributed by atoms with van der Waals surface area (Å²) in [6, 6.07) is 6.95. The minimum atomic E-state index is -0.454. The van der Waals surface area contributed by atoms with Crippen LogP contribution in [0.15, 0.2) is 42.7 Å². The Bertz CT molecular complexity index is 683. The van der Waals surface area contributed by atoms with Crippen LogP contribution in [0.2, 0.25) is 0 Å². The van der Waals surface area contributed by atoms with E-state index in [1.165, 1.54) is 13.2 Å². The van der Waals surface area contributed by atoms with Gasteiger partial charge in [-0.25, -0.2) is 4.79 Å². The number of pyridine rings is 1. The number of ketones is 1. The molecule has 0 aliphatic heterocycles. The Kier molecular flexibility index (Phi) is 3.89. The van der Waals surface area contributed by atoms with Crippen molar-refractivity contribution in [3.8, 4) is 0 Å². The summed E-state index contributed by atoms with van der Waals surface area (Å²) in [5.74, 6) is -0.626. The lowest BCUT2D eigenvalue weighted by Gasteiger charge is -2.03. The topological polar surface area (TPSA) is 51.0 Å². The van der Waals surface area contributed by atoms with E-state index in [9.17, 15) is 9.59 Å². The van der Waals surface area contributed by atoms with Crippen LogP contribution < -0.4 is 0 Å². The molecule has 0 saturated carbocycles. The first kappa shape index (κ1) is 13.9. The molecule has 0 aliphatic rings. The molecule has 2 aromatic rings. The molecule has 0 saturated heterocycles. The lowest BCUT2D eigenvalue weighted by Crippen LogP contribution is -2.04. The summed E-state index contributed by atoms with van der Waals surface area (Å²) in [6.45, 7) is 0. The first-order chi connectivity index (χ1) is 9.54. The summed E-state index contributed by atoms with van der Waals surface area (Å²) in [7, 11) is 4.99. The number of esters is 1. The van der Waals surface area contributed by atoms with Gasteiger partial charge in [-0.3, -0.25) is 4.79 Å². The highest BCUT2D eigenvalue weighted by Crippen LogP contribution is 2.18. The van der Waals surface area contributed by atoms with Crippen molar-refractivity contribution in [3.63, 3.8) is 0 Å². The maximum atomic E-state index is 12.2. The largest absolute Gasteiger partial charge is 0.465 e. The van der Waals surface area contributed by atoms with Crippen LogP contribution in [0.25, 0.3) is 5.52 Å². The molecule has 0 radical (unpaired) electrons. The Morgan fingerprint density at radius 1 is 1.30 bits per heavy atom. The van der Waals surface area contributed by atoms with Gasteiger partial charge in [-0.05, 0) is 18.2 Å². The molecule has 2 heterocycles. The molecular formula is C15H16N2O3. The van der Waals surface area contributed by atoms with Gasteiger partial charge in [-0.1, -0.05) is 6.07 Å². The van der Waals surface area contributed by atoms with Gasteiger partial charge in [-0.2, -0.15) is 0 Å². The molecule has 2 aromatic heterocycles. The lowest BCUT2D eigenvalue weighted by atomic mass is 10.2. The average molecular weight is 272 g/mol. The standard InChI is InChI=1S/C15H16N2O3/c1-16(2)9-7-14(18)13-10-11(15(19)20-3)12-6-4-5-8-17(12)13/h4-10H,1-3H3. The third-order valence-electron chi connectivity index (χ3n) is 2.86. The van der Waals surface area contributed by atoms with Crippen molar-refractivity contribution in [3.05, 3.63) is 54.0 Å². The molecule has 0 aromatic carbocycles. The summed E-state index contributed by atoms with van der Waals surface area (Å²) >= 11 is 0. The molecule has 5 nitrogen and oxygen atoms in total. The summed E-state index contributed by atoms with van der Waals surface area (Å²) in [5.41, 5.74) is 1.47. The minimum absolute atomic E-state index is 0.171. The van der Waals surface area contributed by atoms with E-state index in [2.05, 4.69) is 0 Å². The second-order valence-corrected chi connectivity index (χ2v) is 4.53. The van der Waals surface area contributed by atoms with E-state index >= 15 is 0 Å². The molecule has 0 spiro atoms. The molecule has 0 N–H and O–H groups in total. The second-order valence-electron chi connectivity index (χ2n) is 4.53. The Balaban J connectivity index is 2.54. The molecule has 2 rings (SSSR count). The number of nitrogens with zero attached hydrogens (tertiary/aromatic N) is 2. The van der Waals surface area contributed by atoms with E-state index in [-0.39, 0.29) is 5.78 Å². The van der Waals surface area contributed by atoms with E-state index in [4.69, 9.17) is 4.74 Å². The number of carbonyl (C=O) groups excluding carboxylic acids is 2. The molecule has 0 fully saturated rings. The fraction of sp³-hybridized carbons (Fsp3) is 0.200. The van der Waals surface area contributed by atoms with Crippen LogP contribution in [-0.2, 0) is 4.74 Å². The van der Waals surface area contributed by atoms with Crippen LogP contribution in [0.3, 0.4) is 0 Å². The summed E-state index contributed by atoms with van der Waals surface area (Å²) in [5, 5.41) is 0. The van der Waals surface area contributed by atoms with E-state index < -0.39 is 5.97 Å². The van der Waals surface area contributed by atoms with Gasteiger partial charge in [0.25, 0.3) is 0 Å². The fourth-order valence-corrected chi connectivity index (χ4v) is 1.92. The van der Waals surface area contributed by atoms with Crippen molar-refractivity contribution in [2.45, 2.75) is 0 Å². The number of ether oxygens (including phenoxy) is 1. The minimum Gasteiger partial charge on any atom is -0.465 e. The van der Waals surface area contributed by atoms with Crippen LogP contribution in [0.1, 0.15) is 20.8 Å². The number of fused-ring (bicyclic) bond motifs is 1. The van der Waals surface area contributed by atoms with Gasteiger partial charge >= 0.3 is 5.97 Å². The molecule has 0 unspecified atom stereocenters. The molecule has 0 bridgehead atoms. The monoisotopic (exact) mass is 272 g/mol. The Morgan fingerprint density at radius 3 is 2.70 bits per heavy atom. The summed E-state index contributed by atoms with van der Waals surface area (Å²) < 4.78 is 6.43. The predicted octanol–water partition coefficient (Wildman–Crippen LogP) is 1.98. The highest BCUT2D eigenvalue weighted by molar-refractivity contribution is 6.08. The van der Waals surface area contributed by atoms with Crippen molar-refractivity contribution < 1.29 is 14.3 Å². The quantitative estimate of drug-likeness (QED) is 0.485. The van der Waals surface area contributed by atoms with Gasteiger partial charge in [0.05, 0.1) is 23.9 Å².